The van der Waals surface area contributed by atoms with Gasteiger partial charge in [0.05, 0.1) is 17.5 Å². The van der Waals surface area contributed by atoms with Crippen molar-refractivity contribution >= 4 is 26.6 Å². The molecule has 27 heavy (non-hydrogen) atoms. The van der Waals surface area contributed by atoms with Crippen molar-refractivity contribution in [1.29, 1.82) is 0 Å². The summed E-state index contributed by atoms with van der Waals surface area (Å²) in [5.41, 5.74) is 6.38. The van der Waals surface area contributed by atoms with Crippen molar-refractivity contribution in [2.75, 3.05) is 11.0 Å². The Balaban J connectivity index is 2.24. The second kappa shape index (κ2) is 7.04. The van der Waals surface area contributed by atoms with E-state index in [1.807, 2.05) is 12.3 Å². The van der Waals surface area contributed by atoms with E-state index in [0.717, 1.165) is 23.7 Å². The maximum atomic E-state index is 11.7. The van der Waals surface area contributed by atoms with E-state index in [4.69, 9.17) is 0 Å². The molecule has 0 amide bonds. The number of anilines is 1. The number of sulfonamides is 1. The highest BCUT2D eigenvalue weighted by atomic mass is 32.2. The summed E-state index contributed by atoms with van der Waals surface area (Å²) in [6.07, 6.45) is 5.14. The Morgan fingerprint density at radius 2 is 1.74 bits per heavy atom. The molecule has 0 fully saturated rings. The third-order valence-electron chi connectivity index (χ3n) is 5.79. The van der Waals surface area contributed by atoms with Gasteiger partial charge in [-0.25, -0.2) is 8.42 Å². The number of nitrogens with one attached hydrogen (secondary N) is 2. The van der Waals surface area contributed by atoms with Gasteiger partial charge < -0.3 is 4.98 Å². The highest BCUT2D eigenvalue weighted by Crippen LogP contribution is 2.43. The predicted octanol–water partition coefficient (Wildman–Crippen LogP) is 5.26. The van der Waals surface area contributed by atoms with Gasteiger partial charge in [0.15, 0.2) is 0 Å². The second-order valence-corrected chi connectivity index (χ2v) is 9.14. The Hall–Kier alpha value is -2.27. The van der Waals surface area contributed by atoms with Crippen LogP contribution in [0.4, 0.5) is 5.69 Å². The first-order chi connectivity index (χ1) is 12.7. The molecule has 2 N–H and O–H groups in total. The zero-order valence-corrected chi connectivity index (χ0v) is 17.5. The lowest BCUT2D eigenvalue weighted by Crippen LogP contribution is -2.26. The van der Waals surface area contributed by atoms with E-state index in [9.17, 15) is 8.42 Å². The van der Waals surface area contributed by atoms with Crippen molar-refractivity contribution in [2.24, 2.45) is 0 Å². The SMILES string of the molecule is CCC(CC)(c1ccc(C)c(C)c1)c1c[nH]c2c(NS(C)(=O)=O)cccc12. The van der Waals surface area contributed by atoms with Gasteiger partial charge in [0, 0.05) is 17.0 Å². The predicted molar refractivity (Wildman–Crippen MR) is 114 cm³/mol. The molecule has 0 aliphatic heterocycles. The van der Waals surface area contributed by atoms with E-state index in [2.05, 4.69) is 61.7 Å². The molecule has 0 aliphatic rings. The van der Waals surface area contributed by atoms with Crippen molar-refractivity contribution in [2.45, 2.75) is 46.0 Å². The fraction of sp³-hybridized carbons (Fsp3) is 0.364. The summed E-state index contributed by atoms with van der Waals surface area (Å²) >= 11 is 0. The molecule has 0 saturated carbocycles. The zero-order chi connectivity index (χ0) is 19.8. The minimum absolute atomic E-state index is 0.125. The summed E-state index contributed by atoms with van der Waals surface area (Å²) in [5.74, 6) is 0. The molecule has 5 heteroatoms. The van der Waals surface area contributed by atoms with Gasteiger partial charge in [0.25, 0.3) is 0 Å². The number of H-pyrrole nitrogens is 1. The van der Waals surface area contributed by atoms with Gasteiger partial charge in [0.1, 0.15) is 0 Å². The van der Waals surface area contributed by atoms with Crippen molar-refractivity contribution in [3.8, 4) is 0 Å². The lowest BCUT2D eigenvalue weighted by Gasteiger charge is -2.33. The number of hydrogen-bond donors (Lipinski definition) is 2. The van der Waals surface area contributed by atoms with Crippen LogP contribution in [0.3, 0.4) is 0 Å². The molecule has 0 spiro atoms. The fourth-order valence-electron chi connectivity index (χ4n) is 4.07. The smallest absolute Gasteiger partial charge is 0.229 e. The summed E-state index contributed by atoms with van der Waals surface area (Å²) in [4.78, 5) is 3.32. The molecule has 1 heterocycles. The summed E-state index contributed by atoms with van der Waals surface area (Å²) in [6, 6.07) is 12.5. The quantitative estimate of drug-likeness (QED) is 0.609. The minimum atomic E-state index is -3.34. The van der Waals surface area contributed by atoms with E-state index >= 15 is 0 Å². The van der Waals surface area contributed by atoms with Gasteiger partial charge in [-0.3, -0.25) is 4.72 Å². The first kappa shape index (κ1) is 19.5. The number of aryl methyl sites for hydroxylation is 2. The van der Waals surface area contributed by atoms with Crippen LogP contribution in [0.15, 0.2) is 42.6 Å². The van der Waals surface area contributed by atoms with Crippen molar-refractivity contribution in [3.05, 3.63) is 64.8 Å². The lowest BCUT2D eigenvalue weighted by molar-refractivity contribution is 0.482. The molecular formula is C22H28N2O2S. The molecular weight excluding hydrogens is 356 g/mol. The monoisotopic (exact) mass is 384 g/mol. The maximum Gasteiger partial charge on any atom is 0.229 e. The Morgan fingerprint density at radius 1 is 1.04 bits per heavy atom. The van der Waals surface area contributed by atoms with Crippen LogP contribution in [0, 0.1) is 13.8 Å². The van der Waals surface area contributed by atoms with E-state index in [1.165, 1.54) is 28.5 Å². The molecule has 3 aromatic rings. The Kier molecular flexibility index (Phi) is 5.08. The lowest BCUT2D eigenvalue weighted by atomic mass is 9.70. The van der Waals surface area contributed by atoms with Crippen LogP contribution in [-0.2, 0) is 15.4 Å². The van der Waals surface area contributed by atoms with Crippen molar-refractivity contribution in [1.82, 2.24) is 4.98 Å². The topological polar surface area (TPSA) is 62.0 Å². The molecule has 0 unspecified atom stereocenters. The highest BCUT2D eigenvalue weighted by Gasteiger charge is 2.33. The average Bonchev–Trinajstić information content (AvgIpc) is 3.04. The van der Waals surface area contributed by atoms with Crippen LogP contribution in [-0.4, -0.2) is 19.7 Å². The fourth-order valence-corrected chi connectivity index (χ4v) is 4.64. The largest absolute Gasteiger partial charge is 0.359 e. The van der Waals surface area contributed by atoms with Crippen LogP contribution in [0.1, 0.15) is 48.9 Å². The molecule has 0 aliphatic carbocycles. The van der Waals surface area contributed by atoms with Gasteiger partial charge in [-0.15, -0.1) is 0 Å². The summed E-state index contributed by atoms with van der Waals surface area (Å²) in [7, 11) is -3.34. The van der Waals surface area contributed by atoms with Crippen LogP contribution in [0.25, 0.3) is 10.9 Å². The van der Waals surface area contributed by atoms with Gasteiger partial charge in [0.2, 0.25) is 10.0 Å². The van der Waals surface area contributed by atoms with Gasteiger partial charge in [-0.1, -0.05) is 44.2 Å². The third-order valence-corrected chi connectivity index (χ3v) is 6.38. The first-order valence-electron chi connectivity index (χ1n) is 9.38. The number of para-hydroxylation sites is 1. The Morgan fingerprint density at radius 3 is 2.33 bits per heavy atom. The number of rotatable bonds is 6. The number of benzene rings is 2. The summed E-state index contributed by atoms with van der Waals surface area (Å²) in [6.45, 7) is 8.72. The Bertz CT molecular complexity index is 1080. The molecule has 4 nitrogen and oxygen atoms in total. The van der Waals surface area contributed by atoms with E-state index < -0.39 is 10.0 Å². The number of fused-ring (bicyclic) bond motifs is 1. The normalized spacial score (nSPS) is 12.5. The van der Waals surface area contributed by atoms with Crippen LogP contribution in [0.2, 0.25) is 0 Å². The first-order valence-corrected chi connectivity index (χ1v) is 11.3. The molecule has 0 saturated heterocycles. The van der Waals surface area contributed by atoms with E-state index in [0.29, 0.717) is 5.69 Å². The average molecular weight is 385 g/mol. The molecule has 1 aromatic heterocycles. The molecule has 2 aromatic carbocycles. The summed E-state index contributed by atoms with van der Waals surface area (Å²) < 4.78 is 26.1. The molecule has 0 atom stereocenters. The van der Waals surface area contributed by atoms with Crippen LogP contribution < -0.4 is 4.72 Å². The van der Waals surface area contributed by atoms with Crippen molar-refractivity contribution < 1.29 is 8.42 Å². The zero-order valence-electron chi connectivity index (χ0n) is 16.7. The van der Waals surface area contributed by atoms with E-state index in [-0.39, 0.29) is 5.41 Å². The van der Waals surface area contributed by atoms with Gasteiger partial charge in [-0.05, 0) is 55.0 Å². The maximum absolute atomic E-state index is 11.7. The number of hydrogen-bond acceptors (Lipinski definition) is 2. The van der Waals surface area contributed by atoms with E-state index in [1.54, 1.807) is 6.07 Å². The second-order valence-electron chi connectivity index (χ2n) is 7.39. The standard InChI is InChI=1S/C22H28N2O2S/c1-6-22(7-2,17-12-11-15(3)16(4)13-17)19-14-23-21-18(19)9-8-10-20(21)24-27(5,25)26/h8-14,23-24H,6-7H2,1-5H3. The number of aromatic nitrogens is 1. The van der Waals surface area contributed by atoms with Gasteiger partial charge >= 0.3 is 0 Å². The molecule has 3 rings (SSSR count). The number of aromatic amines is 1. The molecule has 0 radical (unpaired) electrons. The summed E-state index contributed by atoms with van der Waals surface area (Å²) in [5, 5.41) is 1.06. The Labute approximate surface area is 162 Å². The molecule has 0 bridgehead atoms. The highest BCUT2D eigenvalue weighted by molar-refractivity contribution is 7.92. The van der Waals surface area contributed by atoms with Crippen LogP contribution >= 0.6 is 0 Å². The van der Waals surface area contributed by atoms with Gasteiger partial charge in [-0.2, -0.15) is 0 Å². The molecule has 144 valence electrons. The third kappa shape index (κ3) is 3.48. The minimum Gasteiger partial charge on any atom is -0.359 e. The van der Waals surface area contributed by atoms with Crippen LogP contribution in [0.5, 0.6) is 0 Å². The van der Waals surface area contributed by atoms with Crippen molar-refractivity contribution in [3.63, 3.8) is 0 Å².